The number of hydrogen-bond donors (Lipinski definition) is 1. The molecule has 23 heavy (non-hydrogen) atoms. The third-order valence-electron chi connectivity index (χ3n) is 3.18. The average Bonchev–Trinajstić information content (AvgIpc) is 2.77. The largest absolute Gasteiger partial charge is 0.478 e. The molecule has 1 heterocycles. The van der Waals surface area contributed by atoms with Gasteiger partial charge in [0, 0.05) is 35.7 Å². The molecule has 1 aromatic carbocycles. The SMILES string of the molecule is CC(=O)SC1CC(=O)N(c2c(Br)cc(C(=O)O)cc2[N+](=O)[O-])C1. The van der Waals surface area contributed by atoms with Crippen molar-refractivity contribution in [3.05, 3.63) is 32.3 Å². The molecule has 1 saturated heterocycles. The average molecular weight is 403 g/mol. The van der Waals surface area contributed by atoms with Gasteiger partial charge in [0.2, 0.25) is 5.91 Å². The zero-order valence-corrected chi connectivity index (χ0v) is 14.2. The van der Waals surface area contributed by atoms with Gasteiger partial charge in [0.1, 0.15) is 5.69 Å². The van der Waals surface area contributed by atoms with E-state index in [9.17, 15) is 24.5 Å². The van der Waals surface area contributed by atoms with Gasteiger partial charge in [-0.3, -0.25) is 19.7 Å². The first-order chi connectivity index (χ1) is 10.7. The fourth-order valence-corrected chi connectivity index (χ4v) is 3.90. The minimum Gasteiger partial charge on any atom is -0.478 e. The van der Waals surface area contributed by atoms with E-state index >= 15 is 0 Å². The second-order valence-electron chi connectivity index (χ2n) is 4.83. The van der Waals surface area contributed by atoms with Crippen molar-refractivity contribution in [3.8, 4) is 0 Å². The van der Waals surface area contributed by atoms with E-state index in [0.29, 0.717) is 0 Å². The van der Waals surface area contributed by atoms with Gasteiger partial charge in [0.25, 0.3) is 5.69 Å². The van der Waals surface area contributed by atoms with Crippen molar-refractivity contribution in [1.29, 1.82) is 0 Å². The molecule has 1 fully saturated rings. The maximum Gasteiger partial charge on any atom is 0.335 e. The summed E-state index contributed by atoms with van der Waals surface area (Å²) in [5.41, 5.74) is -0.719. The third-order valence-corrected chi connectivity index (χ3v) is 4.76. The molecular weight excluding hydrogens is 392 g/mol. The molecule has 1 aromatic rings. The second kappa shape index (κ2) is 6.67. The molecule has 1 amide bonds. The Morgan fingerprint density at radius 2 is 2.13 bits per heavy atom. The summed E-state index contributed by atoms with van der Waals surface area (Å²) in [6.45, 7) is 1.53. The molecule has 1 N–H and O–H groups in total. The lowest BCUT2D eigenvalue weighted by Crippen LogP contribution is -2.26. The van der Waals surface area contributed by atoms with Gasteiger partial charge in [0.15, 0.2) is 5.12 Å². The monoisotopic (exact) mass is 402 g/mol. The maximum atomic E-state index is 12.2. The van der Waals surface area contributed by atoms with Crippen LogP contribution in [0.2, 0.25) is 0 Å². The predicted molar refractivity (Wildman–Crippen MR) is 86.8 cm³/mol. The van der Waals surface area contributed by atoms with Crippen LogP contribution in [0.5, 0.6) is 0 Å². The van der Waals surface area contributed by atoms with Crippen molar-refractivity contribution in [1.82, 2.24) is 0 Å². The summed E-state index contributed by atoms with van der Waals surface area (Å²) < 4.78 is 0.144. The van der Waals surface area contributed by atoms with Crippen molar-refractivity contribution in [2.75, 3.05) is 11.4 Å². The van der Waals surface area contributed by atoms with Crippen molar-refractivity contribution in [2.45, 2.75) is 18.6 Å². The molecule has 1 atom stereocenters. The van der Waals surface area contributed by atoms with Crippen molar-refractivity contribution in [2.24, 2.45) is 0 Å². The van der Waals surface area contributed by atoms with Gasteiger partial charge >= 0.3 is 5.97 Å². The Hall–Kier alpha value is -1.94. The topological polar surface area (TPSA) is 118 Å². The van der Waals surface area contributed by atoms with Gasteiger partial charge in [-0.2, -0.15) is 0 Å². The van der Waals surface area contributed by atoms with E-state index in [1.807, 2.05) is 0 Å². The number of carbonyl (C=O) groups is 3. The summed E-state index contributed by atoms with van der Waals surface area (Å²) in [5.74, 6) is -1.66. The molecular formula is C13H11BrN2O6S. The molecule has 0 saturated carbocycles. The number of thioether (sulfide) groups is 1. The van der Waals surface area contributed by atoms with E-state index in [4.69, 9.17) is 5.11 Å². The van der Waals surface area contributed by atoms with Crippen LogP contribution in [0.3, 0.4) is 0 Å². The minimum atomic E-state index is -1.31. The Balaban J connectivity index is 2.46. The van der Waals surface area contributed by atoms with Crippen LogP contribution in [-0.2, 0) is 9.59 Å². The van der Waals surface area contributed by atoms with E-state index in [-0.39, 0.29) is 45.0 Å². The summed E-state index contributed by atoms with van der Waals surface area (Å²) >= 11 is 4.12. The van der Waals surface area contributed by atoms with Crippen LogP contribution in [0.15, 0.2) is 16.6 Å². The highest BCUT2D eigenvalue weighted by Gasteiger charge is 2.37. The lowest BCUT2D eigenvalue weighted by Gasteiger charge is -2.18. The molecule has 8 nitrogen and oxygen atoms in total. The quantitative estimate of drug-likeness (QED) is 0.606. The van der Waals surface area contributed by atoms with Crippen LogP contribution in [0.4, 0.5) is 11.4 Å². The van der Waals surface area contributed by atoms with Crippen LogP contribution in [0.1, 0.15) is 23.7 Å². The van der Waals surface area contributed by atoms with Gasteiger partial charge in [-0.25, -0.2) is 4.79 Å². The zero-order valence-electron chi connectivity index (χ0n) is 11.8. The number of amides is 1. The fraction of sp³-hybridized carbons (Fsp3) is 0.308. The minimum absolute atomic E-state index is 0.0108. The number of halogens is 1. The molecule has 10 heteroatoms. The number of carbonyl (C=O) groups excluding carboxylic acids is 2. The highest BCUT2D eigenvalue weighted by Crippen LogP contribution is 2.40. The van der Waals surface area contributed by atoms with Gasteiger partial charge in [-0.1, -0.05) is 11.8 Å². The second-order valence-corrected chi connectivity index (χ2v) is 7.16. The highest BCUT2D eigenvalue weighted by atomic mass is 79.9. The highest BCUT2D eigenvalue weighted by molar-refractivity contribution is 9.10. The van der Waals surface area contributed by atoms with Crippen molar-refractivity contribution in [3.63, 3.8) is 0 Å². The number of carboxylic acid groups (broad SMARTS) is 1. The lowest BCUT2D eigenvalue weighted by molar-refractivity contribution is -0.384. The van der Waals surface area contributed by atoms with Crippen LogP contribution >= 0.6 is 27.7 Å². The molecule has 122 valence electrons. The number of carboxylic acids is 1. The molecule has 0 aromatic heterocycles. The summed E-state index contributed by atoms with van der Waals surface area (Å²) in [6, 6.07) is 2.13. The van der Waals surface area contributed by atoms with Crippen molar-refractivity contribution >= 4 is 56.1 Å². The van der Waals surface area contributed by atoms with Crippen LogP contribution in [-0.4, -0.2) is 38.8 Å². The molecule has 1 aliphatic heterocycles. The Morgan fingerprint density at radius 3 is 2.65 bits per heavy atom. The number of rotatable bonds is 4. The normalized spacial score (nSPS) is 17.4. The Bertz CT molecular complexity index is 723. The van der Waals surface area contributed by atoms with Gasteiger partial charge in [0.05, 0.1) is 10.5 Å². The molecule has 1 unspecified atom stereocenters. The van der Waals surface area contributed by atoms with E-state index < -0.39 is 16.6 Å². The van der Waals surface area contributed by atoms with Crippen LogP contribution in [0, 0.1) is 10.1 Å². The first-order valence-electron chi connectivity index (χ1n) is 6.39. The van der Waals surface area contributed by atoms with E-state index in [2.05, 4.69) is 15.9 Å². The summed E-state index contributed by atoms with van der Waals surface area (Å²) in [5, 5.41) is 19.8. The van der Waals surface area contributed by atoms with Gasteiger partial charge < -0.3 is 10.0 Å². The maximum absolute atomic E-state index is 12.2. The zero-order chi connectivity index (χ0) is 17.3. The third kappa shape index (κ3) is 3.70. The number of nitro benzene ring substituents is 1. The van der Waals surface area contributed by atoms with Crippen LogP contribution < -0.4 is 4.90 Å². The first-order valence-corrected chi connectivity index (χ1v) is 8.06. The molecule has 0 bridgehead atoms. The van der Waals surface area contributed by atoms with Crippen molar-refractivity contribution < 1.29 is 24.4 Å². The summed E-state index contributed by atoms with van der Waals surface area (Å²) in [4.78, 5) is 46.1. The van der Waals surface area contributed by atoms with E-state index in [1.165, 1.54) is 17.9 Å². The fourth-order valence-electron chi connectivity index (χ4n) is 2.32. The Labute approximate surface area is 143 Å². The molecule has 2 rings (SSSR count). The molecule has 0 radical (unpaired) electrons. The van der Waals surface area contributed by atoms with E-state index in [0.717, 1.165) is 17.8 Å². The van der Waals surface area contributed by atoms with Crippen LogP contribution in [0.25, 0.3) is 0 Å². The molecule has 1 aliphatic rings. The first kappa shape index (κ1) is 17.4. The Morgan fingerprint density at radius 1 is 1.48 bits per heavy atom. The standard InChI is InChI=1S/C13H11BrN2O6S/c1-6(17)23-8-4-11(18)15(5-8)12-9(14)2-7(13(19)20)3-10(12)16(21)22/h2-3,8H,4-5H2,1H3,(H,19,20). The van der Waals surface area contributed by atoms with Gasteiger partial charge in [-0.05, 0) is 22.0 Å². The number of benzene rings is 1. The smallest absolute Gasteiger partial charge is 0.335 e. The molecule has 0 aliphatic carbocycles. The number of aromatic carboxylic acids is 1. The number of nitrogens with zero attached hydrogens (tertiary/aromatic N) is 2. The molecule has 0 spiro atoms. The summed E-state index contributed by atoms with van der Waals surface area (Å²) in [7, 11) is 0. The Kier molecular flexibility index (Phi) is 5.05. The summed E-state index contributed by atoms with van der Waals surface area (Å²) in [6.07, 6.45) is 0.0918. The number of hydrogen-bond acceptors (Lipinski definition) is 6. The van der Waals surface area contributed by atoms with Gasteiger partial charge in [-0.15, -0.1) is 0 Å². The lowest BCUT2D eigenvalue weighted by atomic mass is 10.1. The number of anilines is 1. The number of nitro groups is 1. The van der Waals surface area contributed by atoms with E-state index in [1.54, 1.807) is 0 Å². The predicted octanol–water partition coefficient (Wildman–Crippen LogP) is 2.44.